The molecule has 5 nitrogen and oxygen atoms in total. The summed E-state index contributed by atoms with van der Waals surface area (Å²) in [5.41, 5.74) is 8.49. The highest BCUT2D eigenvalue weighted by Crippen LogP contribution is 2.23. The van der Waals surface area contributed by atoms with Gasteiger partial charge in [0.15, 0.2) is 0 Å². The van der Waals surface area contributed by atoms with Gasteiger partial charge in [-0.3, -0.25) is 0 Å². The number of benzene rings is 2. The average Bonchev–Trinajstić information content (AvgIpc) is 2.52. The minimum atomic E-state index is 0.478. The first-order valence-corrected chi connectivity index (χ1v) is 6.82. The smallest absolute Gasteiger partial charge is 0.289 e. The standard InChI is InChI=1S/C16H17N3O2/c17-13-6-7-15-12(10-13)11-21-16(19-15)18-8-9-20-14-4-2-1-3-5-14/h1-7,10H,8-9,11,17H2,(H,18,19). The van der Waals surface area contributed by atoms with Gasteiger partial charge in [-0.05, 0) is 30.3 Å². The molecule has 0 fully saturated rings. The number of aliphatic imine (C=N–C) groups is 1. The van der Waals surface area contributed by atoms with Crippen LogP contribution in [-0.4, -0.2) is 19.2 Å². The van der Waals surface area contributed by atoms with Crippen LogP contribution in [-0.2, 0) is 11.3 Å². The van der Waals surface area contributed by atoms with Crippen molar-refractivity contribution >= 4 is 17.4 Å². The van der Waals surface area contributed by atoms with E-state index < -0.39 is 0 Å². The fourth-order valence-corrected chi connectivity index (χ4v) is 2.06. The van der Waals surface area contributed by atoms with Crippen molar-refractivity contribution in [3.63, 3.8) is 0 Å². The maximum atomic E-state index is 5.74. The second-order valence-electron chi connectivity index (χ2n) is 4.68. The van der Waals surface area contributed by atoms with Crippen molar-refractivity contribution in [1.82, 2.24) is 0 Å². The third-order valence-electron chi connectivity index (χ3n) is 3.09. The van der Waals surface area contributed by atoms with Gasteiger partial charge in [-0.15, -0.1) is 0 Å². The predicted octanol–water partition coefficient (Wildman–Crippen LogP) is 2.65. The topological polar surface area (TPSA) is 68.9 Å². The summed E-state index contributed by atoms with van der Waals surface area (Å²) in [7, 11) is 0. The highest BCUT2D eigenvalue weighted by atomic mass is 16.5. The number of nitrogens with two attached hydrogens (primary N) is 1. The van der Waals surface area contributed by atoms with E-state index >= 15 is 0 Å². The molecule has 0 aromatic heterocycles. The quantitative estimate of drug-likeness (QED) is 0.668. The molecule has 1 aliphatic rings. The van der Waals surface area contributed by atoms with Gasteiger partial charge >= 0.3 is 0 Å². The summed E-state index contributed by atoms with van der Waals surface area (Å²) in [4.78, 5) is 4.35. The van der Waals surface area contributed by atoms with E-state index in [-0.39, 0.29) is 0 Å². The van der Waals surface area contributed by atoms with Crippen molar-refractivity contribution < 1.29 is 9.47 Å². The maximum Gasteiger partial charge on any atom is 0.289 e. The number of anilines is 2. The Balaban J connectivity index is 1.53. The Morgan fingerprint density at radius 2 is 2.05 bits per heavy atom. The Bertz CT molecular complexity index is 641. The Labute approximate surface area is 123 Å². The molecule has 0 aliphatic carbocycles. The van der Waals surface area contributed by atoms with Crippen molar-refractivity contribution in [2.45, 2.75) is 6.61 Å². The van der Waals surface area contributed by atoms with Crippen molar-refractivity contribution in [3.8, 4) is 5.75 Å². The van der Waals surface area contributed by atoms with Gasteiger partial charge in [0.2, 0.25) is 0 Å². The van der Waals surface area contributed by atoms with Crippen LogP contribution in [0.4, 0.5) is 11.4 Å². The molecule has 0 bridgehead atoms. The molecule has 3 N–H and O–H groups in total. The zero-order valence-electron chi connectivity index (χ0n) is 11.6. The number of nitrogen functional groups attached to an aromatic ring is 1. The Morgan fingerprint density at radius 3 is 2.90 bits per heavy atom. The molecule has 108 valence electrons. The minimum absolute atomic E-state index is 0.478. The second-order valence-corrected chi connectivity index (χ2v) is 4.68. The van der Waals surface area contributed by atoms with E-state index in [1.54, 1.807) is 0 Å². The van der Waals surface area contributed by atoms with Crippen LogP contribution in [0.2, 0.25) is 0 Å². The van der Waals surface area contributed by atoms with E-state index in [9.17, 15) is 0 Å². The fraction of sp³-hybridized carbons (Fsp3) is 0.188. The van der Waals surface area contributed by atoms with E-state index in [4.69, 9.17) is 15.2 Å². The van der Waals surface area contributed by atoms with Gasteiger partial charge in [0.05, 0.1) is 6.54 Å². The lowest BCUT2D eigenvalue weighted by Crippen LogP contribution is -2.23. The number of amidine groups is 1. The van der Waals surface area contributed by atoms with Crippen LogP contribution < -0.4 is 15.8 Å². The number of nitrogens with one attached hydrogen (secondary N) is 1. The van der Waals surface area contributed by atoms with Gasteiger partial charge in [-0.2, -0.15) is 0 Å². The molecule has 2 aromatic rings. The number of hydrogen-bond acceptors (Lipinski definition) is 4. The zero-order chi connectivity index (χ0) is 14.5. The van der Waals surface area contributed by atoms with Gasteiger partial charge in [0.1, 0.15) is 19.0 Å². The van der Waals surface area contributed by atoms with Crippen LogP contribution in [0.25, 0.3) is 0 Å². The zero-order valence-corrected chi connectivity index (χ0v) is 11.6. The maximum absolute atomic E-state index is 5.74. The molecular weight excluding hydrogens is 266 g/mol. The molecule has 0 radical (unpaired) electrons. The summed E-state index contributed by atoms with van der Waals surface area (Å²) in [6.07, 6.45) is 0. The first-order valence-electron chi connectivity index (χ1n) is 6.82. The molecule has 21 heavy (non-hydrogen) atoms. The first-order chi connectivity index (χ1) is 10.3. The number of para-hydroxylation sites is 1. The van der Waals surface area contributed by atoms with E-state index in [1.165, 1.54) is 0 Å². The summed E-state index contributed by atoms with van der Waals surface area (Å²) >= 11 is 0. The molecule has 0 unspecified atom stereocenters. The van der Waals surface area contributed by atoms with Crippen LogP contribution in [0.3, 0.4) is 0 Å². The second kappa shape index (κ2) is 6.17. The average molecular weight is 283 g/mol. The number of nitrogens with zero attached hydrogens (tertiary/aromatic N) is 1. The third kappa shape index (κ3) is 3.45. The summed E-state index contributed by atoms with van der Waals surface area (Å²) < 4.78 is 11.1. The van der Waals surface area contributed by atoms with Crippen molar-refractivity contribution in [2.75, 3.05) is 24.2 Å². The first kappa shape index (κ1) is 13.3. The number of hydrogen-bond donors (Lipinski definition) is 2. The Kier molecular flexibility index (Phi) is 3.91. The van der Waals surface area contributed by atoms with Gasteiger partial charge < -0.3 is 20.5 Å². The highest BCUT2D eigenvalue weighted by molar-refractivity contribution is 5.91. The Morgan fingerprint density at radius 1 is 1.19 bits per heavy atom. The van der Waals surface area contributed by atoms with Gasteiger partial charge in [0.25, 0.3) is 6.02 Å². The number of fused-ring (bicyclic) bond motifs is 1. The summed E-state index contributed by atoms with van der Waals surface area (Å²) in [6, 6.07) is 15.9. The van der Waals surface area contributed by atoms with Gasteiger partial charge in [0, 0.05) is 16.9 Å². The van der Waals surface area contributed by atoms with E-state index in [0.29, 0.717) is 25.8 Å². The molecule has 1 aliphatic heterocycles. The summed E-state index contributed by atoms with van der Waals surface area (Å²) in [5, 5.41) is 3.14. The predicted molar refractivity (Wildman–Crippen MR) is 83.5 cm³/mol. The molecular formula is C16H17N3O2. The summed E-state index contributed by atoms with van der Waals surface area (Å²) in [6.45, 7) is 1.51. The molecule has 5 heteroatoms. The largest absolute Gasteiger partial charge is 0.492 e. The molecule has 2 aromatic carbocycles. The molecule has 0 spiro atoms. The normalized spacial score (nSPS) is 15.0. The number of rotatable bonds is 4. The lowest BCUT2D eigenvalue weighted by atomic mass is 10.1. The van der Waals surface area contributed by atoms with E-state index in [1.807, 2.05) is 48.5 Å². The third-order valence-corrected chi connectivity index (χ3v) is 3.09. The molecule has 3 rings (SSSR count). The summed E-state index contributed by atoms with van der Waals surface area (Å²) in [5.74, 6) is 0.844. The van der Waals surface area contributed by atoms with Crippen LogP contribution in [0.15, 0.2) is 53.5 Å². The SMILES string of the molecule is Nc1ccc2c(c1)COC(=NCCOc1ccccc1)N2. The van der Waals surface area contributed by atoms with Crippen molar-refractivity contribution in [1.29, 1.82) is 0 Å². The molecule has 0 atom stereocenters. The van der Waals surface area contributed by atoms with Crippen molar-refractivity contribution in [2.24, 2.45) is 4.99 Å². The monoisotopic (exact) mass is 283 g/mol. The Hall–Kier alpha value is -2.69. The van der Waals surface area contributed by atoms with E-state index in [0.717, 1.165) is 22.7 Å². The lowest BCUT2D eigenvalue weighted by Gasteiger charge is -2.20. The molecule has 1 heterocycles. The van der Waals surface area contributed by atoms with Gasteiger partial charge in [-0.1, -0.05) is 18.2 Å². The fourth-order valence-electron chi connectivity index (χ4n) is 2.06. The molecule has 0 saturated heterocycles. The van der Waals surface area contributed by atoms with Crippen LogP contribution in [0.1, 0.15) is 5.56 Å². The highest BCUT2D eigenvalue weighted by Gasteiger charge is 2.13. The lowest BCUT2D eigenvalue weighted by molar-refractivity contribution is 0.280. The van der Waals surface area contributed by atoms with Crippen LogP contribution in [0.5, 0.6) is 5.75 Å². The molecule has 0 saturated carbocycles. The minimum Gasteiger partial charge on any atom is -0.492 e. The van der Waals surface area contributed by atoms with E-state index in [2.05, 4.69) is 10.3 Å². The van der Waals surface area contributed by atoms with Crippen LogP contribution in [0, 0.1) is 0 Å². The molecule has 0 amide bonds. The number of ether oxygens (including phenoxy) is 2. The van der Waals surface area contributed by atoms with Crippen LogP contribution >= 0.6 is 0 Å². The van der Waals surface area contributed by atoms with Gasteiger partial charge in [-0.25, -0.2) is 4.99 Å². The van der Waals surface area contributed by atoms with Crippen molar-refractivity contribution in [3.05, 3.63) is 54.1 Å².